The van der Waals surface area contributed by atoms with Crippen LogP contribution in [0.5, 0.6) is 0 Å². The number of carbonyl (C=O) groups is 1. The monoisotopic (exact) mass is 285 g/mol. The Balaban J connectivity index is 2.24. The highest BCUT2D eigenvalue weighted by atomic mass is 32.2. The maximum atomic E-state index is 12.1. The van der Waals surface area contributed by atoms with Gasteiger partial charge < -0.3 is 9.84 Å². The predicted octanol–water partition coefficient (Wildman–Crippen LogP) is 0.455. The minimum absolute atomic E-state index is 0.00961. The average molecular weight is 285 g/mol. The lowest BCUT2D eigenvalue weighted by Crippen LogP contribution is -2.49. The van der Waals surface area contributed by atoms with Crippen molar-refractivity contribution in [2.24, 2.45) is 5.41 Å². The first-order valence-corrected chi connectivity index (χ1v) is 7.23. The van der Waals surface area contributed by atoms with Gasteiger partial charge in [0.05, 0.1) is 24.2 Å². The minimum Gasteiger partial charge on any atom is -0.481 e. The molecule has 0 spiro atoms. The number of aliphatic carboxylic acids is 1. The number of carboxylic acids is 1. The summed E-state index contributed by atoms with van der Waals surface area (Å²) < 4.78 is 31.8. The molecule has 2 N–H and O–H groups in total. The summed E-state index contributed by atoms with van der Waals surface area (Å²) in [4.78, 5) is 11.3. The third-order valence-electron chi connectivity index (χ3n) is 3.29. The van der Waals surface area contributed by atoms with E-state index in [0.29, 0.717) is 0 Å². The highest BCUT2D eigenvalue weighted by molar-refractivity contribution is 7.89. The van der Waals surface area contributed by atoms with E-state index < -0.39 is 27.4 Å². The van der Waals surface area contributed by atoms with Gasteiger partial charge in [-0.1, -0.05) is 18.2 Å². The van der Waals surface area contributed by atoms with E-state index in [1.807, 2.05) is 0 Å². The quantitative estimate of drug-likeness (QED) is 0.838. The molecule has 0 amide bonds. The van der Waals surface area contributed by atoms with Gasteiger partial charge in [0.15, 0.2) is 0 Å². The smallest absolute Gasteiger partial charge is 0.313 e. The molecule has 1 heterocycles. The fourth-order valence-corrected chi connectivity index (χ4v) is 3.26. The molecule has 0 bridgehead atoms. The lowest BCUT2D eigenvalue weighted by atomic mass is 9.86. The van der Waals surface area contributed by atoms with E-state index in [1.165, 1.54) is 19.1 Å². The summed E-state index contributed by atoms with van der Waals surface area (Å²) in [5.74, 6) is -1.08. The van der Waals surface area contributed by atoms with Crippen LogP contribution in [0.25, 0.3) is 0 Å². The van der Waals surface area contributed by atoms with Crippen LogP contribution in [0.3, 0.4) is 0 Å². The molecule has 1 aromatic rings. The van der Waals surface area contributed by atoms with E-state index in [9.17, 15) is 18.3 Å². The molecule has 0 aliphatic carbocycles. The van der Waals surface area contributed by atoms with E-state index in [1.54, 1.807) is 18.2 Å². The third-order valence-corrected chi connectivity index (χ3v) is 4.78. The van der Waals surface area contributed by atoms with Gasteiger partial charge in [0, 0.05) is 0 Å². The molecule has 2 atom stereocenters. The number of rotatable bonds is 4. The Kier molecular flexibility index (Phi) is 3.62. The third kappa shape index (κ3) is 2.63. The molecule has 19 heavy (non-hydrogen) atoms. The molecule has 1 saturated heterocycles. The van der Waals surface area contributed by atoms with Crippen molar-refractivity contribution in [3.8, 4) is 0 Å². The molecule has 0 aromatic heterocycles. The van der Waals surface area contributed by atoms with Crippen molar-refractivity contribution >= 4 is 16.0 Å². The van der Waals surface area contributed by atoms with Crippen molar-refractivity contribution in [3.63, 3.8) is 0 Å². The van der Waals surface area contributed by atoms with E-state index in [0.717, 1.165) is 0 Å². The molecule has 1 aliphatic heterocycles. The SMILES string of the molecule is CC1(C(=O)O)COCC1NS(=O)(=O)c1ccccc1. The highest BCUT2D eigenvalue weighted by Gasteiger charge is 2.48. The zero-order valence-electron chi connectivity index (χ0n) is 10.4. The Morgan fingerprint density at radius 2 is 2.05 bits per heavy atom. The Bertz CT molecular complexity index is 571. The van der Waals surface area contributed by atoms with Gasteiger partial charge in [-0.15, -0.1) is 0 Å². The first kappa shape index (κ1) is 14.0. The minimum atomic E-state index is -3.74. The molecule has 1 fully saturated rings. The second-order valence-electron chi connectivity index (χ2n) is 4.72. The van der Waals surface area contributed by atoms with Gasteiger partial charge >= 0.3 is 5.97 Å². The lowest BCUT2D eigenvalue weighted by molar-refractivity contribution is -0.148. The summed E-state index contributed by atoms with van der Waals surface area (Å²) in [6.45, 7) is 1.51. The highest BCUT2D eigenvalue weighted by Crippen LogP contribution is 2.29. The summed E-state index contributed by atoms with van der Waals surface area (Å²) >= 11 is 0. The number of ether oxygens (including phenoxy) is 1. The fraction of sp³-hybridized carbons (Fsp3) is 0.417. The van der Waals surface area contributed by atoms with Gasteiger partial charge in [-0.3, -0.25) is 4.79 Å². The number of carboxylic acid groups (broad SMARTS) is 1. The first-order valence-electron chi connectivity index (χ1n) is 5.75. The summed E-state index contributed by atoms with van der Waals surface area (Å²) in [5.41, 5.74) is -1.25. The van der Waals surface area contributed by atoms with Gasteiger partial charge in [-0.2, -0.15) is 0 Å². The second kappa shape index (κ2) is 4.92. The van der Waals surface area contributed by atoms with Crippen LogP contribution in [0.1, 0.15) is 6.92 Å². The normalized spacial score (nSPS) is 27.3. The Labute approximate surface area is 111 Å². The van der Waals surface area contributed by atoms with Crippen LogP contribution in [-0.2, 0) is 19.6 Å². The molecular weight excluding hydrogens is 270 g/mol. The fourth-order valence-electron chi connectivity index (χ4n) is 1.90. The predicted molar refractivity (Wildman–Crippen MR) is 67.1 cm³/mol. The van der Waals surface area contributed by atoms with Crippen LogP contribution in [0.2, 0.25) is 0 Å². The van der Waals surface area contributed by atoms with Crippen molar-refractivity contribution < 1.29 is 23.1 Å². The Morgan fingerprint density at radius 1 is 1.42 bits per heavy atom. The maximum Gasteiger partial charge on any atom is 0.313 e. The molecule has 104 valence electrons. The van der Waals surface area contributed by atoms with Crippen molar-refractivity contribution in [2.45, 2.75) is 17.9 Å². The zero-order chi connectivity index (χ0) is 14.1. The van der Waals surface area contributed by atoms with Crippen LogP contribution in [0.4, 0.5) is 0 Å². The number of nitrogens with one attached hydrogen (secondary N) is 1. The van der Waals surface area contributed by atoms with E-state index in [4.69, 9.17) is 4.74 Å². The van der Waals surface area contributed by atoms with Crippen molar-refractivity contribution in [1.82, 2.24) is 4.72 Å². The molecular formula is C12H15NO5S. The molecule has 1 aromatic carbocycles. The van der Waals surface area contributed by atoms with Gasteiger partial charge in [-0.05, 0) is 19.1 Å². The summed E-state index contributed by atoms with van der Waals surface area (Å²) in [6.07, 6.45) is 0. The summed E-state index contributed by atoms with van der Waals surface area (Å²) in [7, 11) is -3.74. The van der Waals surface area contributed by atoms with Gasteiger partial charge in [0.25, 0.3) is 0 Å². The van der Waals surface area contributed by atoms with Crippen LogP contribution < -0.4 is 4.72 Å². The maximum absolute atomic E-state index is 12.1. The molecule has 2 rings (SSSR count). The molecule has 7 heteroatoms. The van der Waals surface area contributed by atoms with Crippen LogP contribution >= 0.6 is 0 Å². The van der Waals surface area contributed by atoms with Gasteiger partial charge in [0.2, 0.25) is 10.0 Å². The summed E-state index contributed by atoms with van der Waals surface area (Å²) in [5, 5.41) is 9.20. The van der Waals surface area contributed by atoms with Crippen LogP contribution in [-0.4, -0.2) is 38.7 Å². The molecule has 0 saturated carbocycles. The summed E-state index contributed by atoms with van der Waals surface area (Å²) in [6, 6.07) is 7.05. The largest absolute Gasteiger partial charge is 0.481 e. The number of sulfonamides is 1. The Morgan fingerprint density at radius 3 is 2.63 bits per heavy atom. The van der Waals surface area contributed by atoms with E-state index >= 15 is 0 Å². The zero-order valence-corrected chi connectivity index (χ0v) is 11.2. The first-order chi connectivity index (χ1) is 8.86. The van der Waals surface area contributed by atoms with Crippen molar-refractivity contribution in [1.29, 1.82) is 0 Å². The van der Waals surface area contributed by atoms with Gasteiger partial charge in [0.1, 0.15) is 5.41 Å². The second-order valence-corrected chi connectivity index (χ2v) is 6.44. The standard InChI is InChI=1S/C12H15NO5S/c1-12(11(14)15)8-18-7-10(12)13-19(16,17)9-5-3-2-4-6-9/h2-6,10,13H,7-8H2,1H3,(H,14,15). The Hall–Kier alpha value is -1.44. The molecule has 0 radical (unpaired) electrons. The van der Waals surface area contributed by atoms with Crippen molar-refractivity contribution in [3.05, 3.63) is 30.3 Å². The van der Waals surface area contributed by atoms with Gasteiger partial charge in [-0.25, -0.2) is 13.1 Å². The number of benzene rings is 1. The van der Waals surface area contributed by atoms with Crippen molar-refractivity contribution in [2.75, 3.05) is 13.2 Å². The number of hydrogen-bond acceptors (Lipinski definition) is 4. The van der Waals surface area contributed by atoms with E-state index in [2.05, 4.69) is 4.72 Å². The van der Waals surface area contributed by atoms with Crippen LogP contribution in [0, 0.1) is 5.41 Å². The van der Waals surface area contributed by atoms with Crippen LogP contribution in [0.15, 0.2) is 35.2 Å². The molecule has 2 unspecified atom stereocenters. The van der Waals surface area contributed by atoms with E-state index in [-0.39, 0.29) is 18.1 Å². The molecule has 1 aliphatic rings. The molecule has 6 nitrogen and oxygen atoms in total. The lowest BCUT2D eigenvalue weighted by Gasteiger charge is -2.25. The average Bonchev–Trinajstić information content (AvgIpc) is 2.73. The number of hydrogen-bond donors (Lipinski definition) is 2. The topological polar surface area (TPSA) is 92.7 Å².